The Bertz CT molecular complexity index is 773. The third kappa shape index (κ3) is 4.67. The maximum atomic E-state index is 12.2. The molecule has 9 heteroatoms. The SMILES string of the molecule is Cc1cc(N2CCOCC2)nc(NCCNC(=O)c2sc(C)nc2C)n1. The average molecular weight is 376 g/mol. The highest BCUT2D eigenvalue weighted by Crippen LogP contribution is 2.17. The first kappa shape index (κ1) is 18.5. The molecule has 0 atom stereocenters. The number of carbonyl (C=O) groups is 1. The van der Waals surface area contributed by atoms with E-state index in [0.717, 1.165) is 35.3 Å². The summed E-state index contributed by atoms with van der Waals surface area (Å²) in [6.07, 6.45) is 0. The van der Waals surface area contributed by atoms with Crippen LogP contribution in [-0.2, 0) is 4.74 Å². The van der Waals surface area contributed by atoms with Crippen LogP contribution in [0.15, 0.2) is 6.07 Å². The zero-order valence-electron chi connectivity index (χ0n) is 15.3. The number of aromatic nitrogens is 3. The van der Waals surface area contributed by atoms with Crippen molar-refractivity contribution in [2.75, 3.05) is 49.6 Å². The van der Waals surface area contributed by atoms with Gasteiger partial charge in [0, 0.05) is 37.9 Å². The van der Waals surface area contributed by atoms with Crippen LogP contribution in [-0.4, -0.2) is 60.3 Å². The first-order valence-corrected chi connectivity index (χ1v) is 9.49. The van der Waals surface area contributed by atoms with Crippen molar-refractivity contribution in [2.45, 2.75) is 20.8 Å². The van der Waals surface area contributed by atoms with Crippen molar-refractivity contribution in [3.8, 4) is 0 Å². The molecule has 0 radical (unpaired) electrons. The molecule has 1 saturated heterocycles. The molecule has 2 aromatic heterocycles. The van der Waals surface area contributed by atoms with Crippen LogP contribution in [0.5, 0.6) is 0 Å². The first-order valence-electron chi connectivity index (χ1n) is 8.67. The van der Waals surface area contributed by atoms with Gasteiger partial charge in [0.1, 0.15) is 10.7 Å². The van der Waals surface area contributed by atoms with Gasteiger partial charge in [-0.1, -0.05) is 0 Å². The number of carbonyl (C=O) groups excluding carboxylic acids is 1. The molecule has 26 heavy (non-hydrogen) atoms. The van der Waals surface area contributed by atoms with Gasteiger partial charge in [0.25, 0.3) is 5.91 Å². The number of anilines is 2. The summed E-state index contributed by atoms with van der Waals surface area (Å²) in [7, 11) is 0. The lowest BCUT2D eigenvalue weighted by molar-refractivity contribution is 0.0958. The third-order valence-electron chi connectivity index (χ3n) is 3.98. The van der Waals surface area contributed by atoms with Crippen molar-refractivity contribution >= 4 is 29.0 Å². The van der Waals surface area contributed by atoms with E-state index in [0.29, 0.717) is 37.1 Å². The van der Waals surface area contributed by atoms with Crippen LogP contribution >= 0.6 is 11.3 Å². The molecule has 0 bridgehead atoms. The topological polar surface area (TPSA) is 92.3 Å². The number of hydrogen-bond acceptors (Lipinski definition) is 8. The number of hydrogen-bond donors (Lipinski definition) is 2. The van der Waals surface area contributed by atoms with Crippen LogP contribution in [0.4, 0.5) is 11.8 Å². The van der Waals surface area contributed by atoms with Gasteiger partial charge in [-0.3, -0.25) is 4.79 Å². The number of amides is 1. The molecule has 1 aliphatic rings. The number of nitrogens with one attached hydrogen (secondary N) is 2. The lowest BCUT2D eigenvalue weighted by atomic mass is 10.3. The smallest absolute Gasteiger partial charge is 0.263 e. The Morgan fingerprint density at radius 3 is 2.65 bits per heavy atom. The van der Waals surface area contributed by atoms with Crippen LogP contribution < -0.4 is 15.5 Å². The van der Waals surface area contributed by atoms with Crippen molar-refractivity contribution in [1.29, 1.82) is 0 Å². The maximum Gasteiger partial charge on any atom is 0.263 e. The van der Waals surface area contributed by atoms with E-state index in [1.54, 1.807) is 0 Å². The highest BCUT2D eigenvalue weighted by Gasteiger charge is 2.15. The molecule has 3 heterocycles. The van der Waals surface area contributed by atoms with Crippen molar-refractivity contribution < 1.29 is 9.53 Å². The fraction of sp³-hybridized carbons (Fsp3) is 0.529. The Balaban J connectivity index is 1.52. The van der Waals surface area contributed by atoms with E-state index in [1.165, 1.54) is 11.3 Å². The number of thiazole rings is 1. The second-order valence-electron chi connectivity index (χ2n) is 6.12. The molecule has 1 fully saturated rings. The fourth-order valence-corrected chi connectivity index (χ4v) is 3.59. The van der Waals surface area contributed by atoms with E-state index in [-0.39, 0.29) is 5.91 Å². The minimum Gasteiger partial charge on any atom is -0.378 e. The van der Waals surface area contributed by atoms with Crippen LogP contribution in [0.1, 0.15) is 26.1 Å². The maximum absolute atomic E-state index is 12.2. The summed E-state index contributed by atoms with van der Waals surface area (Å²) in [6, 6.07) is 1.98. The van der Waals surface area contributed by atoms with Gasteiger partial charge in [-0.25, -0.2) is 9.97 Å². The van der Waals surface area contributed by atoms with Crippen LogP contribution in [0.25, 0.3) is 0 Å². The molecule has 1 amide bonds. The second-order valence-corrected chi connectivity index (χ2v) is 7.32. The minimum absolute atomic E-state index is 0.0888. The lowest BCUT2D eigenvalue weighted by Crippen LogP contribution is -2.37. The second kappa shape index (κ2) is 8.41. The van der Waals surface area contributed by atoms with Crippen LogP contribution in [0.2, 0.25) is 0 Å². The van der Waals surface area contributed by atoms with Gasteiger partial charge >= 0.3 is 0 Å². The number of rotatable bonds is 6. The third-order valence-corrected chi connectivity index (χ3v) is 5.05. The number of nitrogens with zero attached hydrogens (tertiary/aromatic N) is 4. The average Bonchev–Trinajstić information content (AvgIpc) is 2.97. The van der Waals surface area contributed by atoms with E-state index in [1.807, 2.05) is 26.8 Å². The molecule has 1 aliphatic heterocycles. The Labute approximate surface area is 157 Å². The lowest BCUT2D eigenvalue weighted by Gasteiger charge is -2.28. The van der Waals surface area contributed by atoms with E-state index < -0.39 is 0 Å². The number of aryl methyl sites for hydroxylation is 3. The van der Waals surface area contributed by atoms with Gasteiger partial charge in [-0.2, -0.15) is 4.98 Å². The molecule has 0 unspecified atom stereocenters. The van der Waals surface area contributed by atoms with Crippen LogP contribution in [0.3, 0.4) is 0 Å². The summed E-state index contributed by atoms with van der Waals surface area (Å²) in [5.74, 6) is 1.39. The van der Waals surface area contributed by atoms with E-state index in [4.69, 9.17) is 4.74 Å². The zero-order valence-corrected chi connectivity index (χ0v) is 16.2. The fourth-order valence-electron chi connectivity index (χ4n) is 2.76. The molecule has 0 aliphatic carbocycles. The Hall–Kier alpha value is -2.26. The highest BCUT2D eigenvalue weighted by atomic mass is 32.1. The molecule has 2 aromatic rings. The summed E-state index contributed by atoms with van der Waals surface area (Å²) in [5.41, 5.74) is 1.68. The molecule has 3 rings (SSSR count). The van der Waals surface area contributed by atoms with Gasteiger partial charge in [-0.15, -0.1) is 11.3 Å². The standard InChI is InChI=1S/C17H24N6O2S/c1-11-10-14(23-6-8-25-9-7-23)22-17(20-11)19-5-4-18-16(24)15-12(2)21-13(3)26-15/h10H,4-9H2,1-3H3,(H,18,24)(H,19,20,22). The number of ether oxygens (including phenoxy) is 1. The monoisotopic (exact) mass is 376 g/mol. The van der Waals surface area contributed by atoms with E-state index in [2.05, 4.69) is 30.5 Å². The summed E-state index contributed by atoms with van der Waals surface area (Å²) >= 11 is 1.41. The van der Waals surface area contributed by atoms with Crippen LogP contribution in [0, 0.1) is 20.8 Å². The molecule has 140 valence electrons. The largest absolute Gasteiger partial charge is 0.378 e. The normalized spacial score (nSPS) is 14.3. The molecule has 0 spiro atoms. The summed E-state index contributed by atoms with van der Waals surface area (Å²) in [5, 5.41) is 6.98. The Morgan fingerprint density at radius 2 is 1.96 bits per heavy atom. The summed E-state index contributed by atoms with van der Waals surface area (Å²) < 4.78 is 5.39. The minimum atomic E-state index is -0.0888. The molecule has 0 saturated carbocycles. The van der Waals surface area contributed by atoms with Gasteiger partial charge in [0.05, 0.1) is 23.9 Å². The summed E-state index contributed by atoms with van der Waals surface area (Å²) in [6.45, 7) is 9.84. The molecule has 2 N–H and O–H groups in total. The number of morpholine rings is 1. The zero-order chi connectivity index (χ0) is 18.5. The predicted octanol–water partition coefficient (Wildman–Crippen LogP) is 1.54. The van der Waals surface area contributed by atoms with E-state index in [9.17, 15) is 4.79 Å². The molecular weight excluding hydrogens is 352 g/mol. The van der Waals surface area contributed by atoms with Crippen molar-refractivity contribution in [1.82, 2.24) is 20.3 Å². The Kier molecular flexibility index (Phi) is 6.00. The van der Waals surface area contributed by atoms with Gasteiger partial charge < -0.3 is 20.3 Å². The van der Waals surface area contributed by atoms with Gasteiger partial charge in [0.2, 0.25) is 5.95 Å². The summed E-state index contributed by atoms with van der Waals surface area (Å²) in [4.78, 5) is 28.3. The highest BCUT2D eigenvalue weighted by molar-refractivity contribution is 7.13. The molecule has 8 nitrogen and oxygen atoms in total. The van der Waals surface area contributed by atoms with Gasteiger partial charge in [0.15, 0.2) is 0 Å². The van der Waals surface area contributed by atoms with Crippen molar-refractivity contribution in [3.05, 3.63) is 27.3 Å². The first-order chi connectivity index (χ1) is 12.5. The van der Waals surface area contributed by atoms with E-state index >= 15 is 0 Å². The molecule has 0 aromatic carbocycles. The van der Waals surface area contributed by atoms with Gasteiger partial charge in [-0.05, 0) is 20.8 Å². The van der Waals surface area contributed by atoms with Crippen molar-refractivity contribution in [2.24, 2.45) is 0 Å². The molecular formula is C17H24N6O2S. The van der Waals surface area contributed by atoms with Crippen molar-refractivity contribution in [3.63, 3.8) is 0 Å². The quantitative estimate of drug-likeness (QED) is 0.739. The Morgan fingerprint density at radius 1 is 1.19 bits per heavy atom. The predicted molar refractivity (Wildman–Crippen MR) is 102 cm³/mol.